The molecule has 1 aliphatic carbocycles. The van der Waals surface area contributed by atoms with Crippen LogP contribution in [0, 0.1) is 0 Å². The maximum Gasteiger partial charge on any atom is 0.254 e. The lowest BCUT2D eigenvalue weighted by atomic mass is 9.95. The van der Waals surface area contributed by atoms with E-state index in [0.717, 1.165) is 36.8 Å². The van der Waals surface area contributed by atoms with Crippen LogP contribution in [0.15, 0.2) is 58.3 Å². The van der Waals surface area contributed by atoms with Crippen LogP contribution in [0.1, 0.15) is 39.2 Å². The standard InChI is InChI=1S/C25H25N5O3S2/c1-30-22(18-11-7-13-33-18)28-29-25(30)34-15-20(31)27-24-21(17-10-5-6-12-19(17)35-24)23(32)26-14-16-8-3-2-4-9-16/h2-4,7-9,11,13H,5-6,10,12,14-15H2,1H3,(H,26,32)(H,27,31). The molecule has 0 fully saturated rings. The molecule has 2 amide bonds. The van der Waals surface area contributed by atoms with Crippen molar-refractivity contribution in [1.29, 1.82) is 0 Å². The van der Waals surface area contributed by atoms with E-state index in [9.17, 15) is 9.59 Å². The Morgan fingerprint density at radius 3 is 2.74 bits per heavy atom. The molecule has 5 rings (SSSR count). The fourth-order valence-corrected chi connectivity index (χ4v) is 6.13. The molecule has 4 aromatic rings. The first kappa shape index (κ1) is 23.4. The lowest BCUT2D eigenvalue weighted by Gasteiger charge is -2.13. The Hall–Kier alpha value is -3.37. The normalized spacial score (nSPS) is 12.8. The Bertz CT molecular complexity index is 1330. The van der Waals surface area contributed by atoms with Gasteiger partial charge in [0.1, 0.15) is 5.00 Å². The molecule has 0 radical (unpaired) electrons. The number of nitrogens with one attached hydrogen (secondary N) is 2. The molecule has 3 heterocycles. The third-order valence-corrected chi connectivity index (χ3v) is 8.08. The van der Waals surface area contributed by atoms with Gasteiger partial charge in [0.15, 0.2) is 16.7 Å². The van der Waals surface area contributed by atoms with Gasteiger partial charge in [-0.15, -0.1) is 21.5 Å². The number of rotatable bonds is 8. The maximum absolute atomic E-state index is 13.2. The molecule has 35 heavy (non-hydrogen) atoms. The van der Waals surface area contributed by atoms with Crippen molar-refractivity contribution < 1.29 is 14.0 Å². The van der Waals surface area contributed by atoms with E-state index in [1.807, 2.05) is 43.4 Å². The molecule has 1 aliphatic rings. The van der Waals surface area contributed by atoms with Gasteiger partial charge in [-0.25, -0.2) is 0 Å². The first-order valence-corrected chi connectivity index (χ1v) is 13.2. The van der Waals surface area contributed by atoms with E-state index >= 15 is 0 Å². The summed E-state index contributed by atoms with van der Waals surface area (Å²) in [6.07, 6.45) is 5.54. The molecule has 1 aromatic carbocycles. The molecular weight excluding hydrogens is 482 g/mol. The number of anilines is 1. The molecule has 0 bridgehead atoms. The van der Waals surface area contributed by atoms with E-state index in [1.165, 1.54) is 28.0 Å². The minimum absolute atomic E-state index is 0.146. The van der Waals surface area contributed by atoms with Crippen LogP contribution in [0.4, 0.5) is 5.00 Å². The molecule has 0 atom stereocenters. The summed E-state index contributed by atoms with van der Waals surface area (Å²) in [4.78, 5) is 27.3. The molecule has 0 aliphatic heterocycles. The number of aryl methyl sites for hydroxylation is 1. The molecule has 180 valence electrons. The van der Waals surface area contributed by atoms with Crippen LogP contribution in [0.25, 0.3) is 11.6 Å². The molecule has 0 unspecified atom stereocenters. The highest BCUT2D eigenvalue weighted by atomic mass is 32.2. The fraction of sp³-hybridized carbons (Fsp3) is 0.280. The Labute approximate surface area is 211 Å². The molecule has 0 saturated heterocycles. The van der Waals surface area contributed by atoms with Crippen molar-refractivity contribution >= 4 is 39.9 Å². The lowest BCUT2D eigenvalue weighted by molar-refractivity contribution is -0.113. The first-order chi connectivity index (χ1) is 17.1. The highest BCUT2D eigenvalue weighted by Gasteiger charge is 2.26. The van der Waals surface area contributed by atoms with Crippen molar-refractivity contribution in [3.63, 3.8) is 0 Å². The van der Waals surface area contributed by atoms with E-state index < -0.39 is 0 Å². The average molecular weight is 508 g/mol. The highest BCUT2D eigenvalue weighted by molar-refractivity contribution is 7.99. The van der Waals surface area contributed by atoms with Gasteiger partial charge in [0.25, 0.3) is 5.91 Å². The summed E-state index contributed by atoms with van der Waals surface area (Å²) in [6.45, 7) is 0.442. The number of amides is 2. The van der Waals surface area contributed by atoms with Crippen LogP contribution in [0.2, 0.25) is 0 Å². The van der Waals surface area contributed by atoms with Gasteiger partial charge in [0, 0.05) is 18.5 Å². The molecule has 3 aromatic heterocycles. The Kier molecular flexibility index (Phi) is 7.01. The van der Waals surface area contributed by atoms with Crippen molar-refractivity contribution in [2.75, 3.05) is 11.1 Å². The second-order valence-electron chi connectivity index (χ2n) is 8.26. The van der Waals surface area contributed by atoms with Crippen LogP contribution in [-0.2, 0) is 31.2 Å². The van der Waals surface area contributed by atoms with Gasteiger partial charge in [-0.1, -0.05) is 42.1 Å². The minimum atomic E-state index is -0.187. The van der Waals surface area contributed by atoms with Crippen molar-refractivity contribution in [2.45, 2.75) is 37.4 Å². The monoisotopic (exact) mass is 507 g/mol. The van der Waals surface area contributed by atoms with Gasteiger partial charge >= 0.3 is 0 Å². The number of fused-ring (bicyclic) bond motifs is 1. The van der Waals surface area contributed by atoms with Gasteiger partial charge in [0.2, 0.25) is 5.91 Å². The fourth-order valence-electron chi connectivity index (χ4n) is 4.11. The van der Waals surface area contributed by atoms with Gasteiger partial charge in [-0.2, -0.15) is 0 Å². The summed E-state index contributed by atoms with van der Waals surface area (Å²) in [7, 11) is 1.83. The molecule has 0 saturated carbocycles. The van der Waals surface area contributed by atoms with Crippen LogP contribution in [-0.4, -0.2) is 32.3 Å². The minimum Gasteiger partial charge on any atom is -0.461 e. The van der Waals surface area contributed by atoms with E-state index in [0.29, 0.717) is 33.9 Å². The zero-order valence-electron chi connectivity index (χ0n) is 19.2. The predicted molar refractivity (Wildman–Crippen MR) is 137 cm³/mol. The summed E-state index contributed by atoms with van der Waals surface area (Å²) in [6, 6.07) is 13.4. The molecule has 2 N–H and O–H groups in total. The number of hydrogen-bond acceptors (Lipinski definition) is 7. The topological polar surface area (TPSA) is 102 Å². The predicted octanol–water partition coefficient (Wildman–Crippen LogP) is 4.68. The van der Waals surface area contributed by atoms with Crippen molar-refractivity contribution in [2.24, 2.45) is 7.05 Å². The van der Waals surface area contributed by atoms with E-state index in [4.69, 9.17) is 4.42 Å². The zero-order valence-corrected chi connectivity index (χ0v) is 20.9. The number of nitrogens with zero attached hydrogens (tertiary/aromatic N) is 3. The number of thioether (sulfide) groups is 1. The molecular formula is C25H25N5O3S2. The number of benzene rings is 1. The third-order valence-electron chi connectivity index (χ3n) is 5.86. The van der Waals surface area contributed by atoms with E-state index in [2.05, 4.69) is 20.8 Å². The summed E-state index contributed by atoms with van der Waals surface area (Å²) in [5.41, 5.74) is 2.72. The largest absolute Gasteiger partial charge is 0.461 e. The van der Waals surface area contributed by atoms with Crippen LogP contribution in [0.3, 0.4) is 0 Å². The summed E-state index contributed by atoms with van der Waals surface area (Å²) in [5.74, 6) is 1.03. The number of carbonyl (C=O) groups is 2. The van der Waals surface area contributed by atoms with Crippen molar-refractivity contribution in [3.8, 4) is 11.6 Å². The SMILES string of the molecule is Cn1c(SCC(=O)Nc2sc3c(c2C(=O)NCc2ccccc2)CCCC3)nnc1-c1ccco1. The van der Waals surface area contributed by atoms with E-state index in [1.54, 1.807) is 16.9 Å². The number of carbonyl (C=O) groups excluding carboxylic acids is 2. The number of aromatic nitrogens is 3. The molecule has 0 spiro atoms. The number of hydrogen-bond donors (Lipinski definition) is 2. The van der Waals surface area contributed by atoms with Crippen LogP contribution in [0.5, 0.6) is 0 Å². The lowest BCUT2D eigenvalue weighted by Crippen LogP contribution is -2.25. The summed E-state index contributed by atoms with van der Waals surface area (Å²) in [5, 5.41) is 15.6. The summed E-state index contributed by atoms with van der Waals surface area (Å²) >= 11 is 2.81. The van der Waals surface area contributed by atoms with Crippen molar-refractivity contribution in [1.82, 2.24) is 20.1 Å². The van der Waals surface area contributed by atoms with Gasteiger partial charge in [-0.3, -0.25) is 9.59 Å². The van der Waals surface area contributed by atoms with E-state index in [-0.39, 0.29) is 17.6 Å². The third kappa shape index (κ3) is 5.18. The number of furan rings is 1. The summed E-state index contributed by atoms with van der Waals surface area (Å²) < 4.78 is 7.19. The van der Waals surface area contributed by atoms with Gasteiger partial charge in [-0.05, 0) is 48.9 Å². The highest BCUT2D eigenvalue weighted by Crippen LogP contribution is 2.38. The Morgan fingerprint density at radius 1 is 1.11 bits per heavy atom. The van der Waals surface area contributed by atoms with Crippen molar-refractivity contribution in [3.05, 3.63) is 70.3 Å². The second kappa shape index (κ2) is 10.5. The molecule has 10 heteroatoms. The molecule has 8 nitrogen and oxygen atoms in total. The quantitative estimate of drug-likeness (QED) is 0.336. The Balaban J connectivity index is 1.27. The smallest absolute Gasteiger partial charge is 0.254 e. The zero-order chi connectivity index (χ0) is 24.2. The number of thiophene rings is 1. The maximum atomic E-state index is 13.2. The first-order valence-electron chi connectivity index (χ1n) is 11.4. The average Bonchev–Trinajstić information content (AvgIpc) is 3.60. The second-order valence-corrected chi connectivity index (χ2v) is 10.3. The van der Waals surface area contributed by atoms with Gasteiger partial charge in [0.05, 0.1) is 17.6 Å². The van der Waals surface area contributed by atoms with Crippen LogP contribution >= 0.6 is 23.1 Å². The Morgan fingerprint density at radius 2 is 1.94 bits per heavy atom. The van der Waals surface area contributed by atoms with Gasteiger partial charge < -0.3 is 19.6 Å². The van der Waals surface area contributed by atoms with Crippen LogP contribution < -0.4 is 10.6 Å².